The molecule has 176 valence electrons. The van der Waals surface area contributed by atoms with E-state index in [0.29, 0.717) is 42.8 Å². The molecule has 4 atom stereocenters. The third-order valence-corrected chi connectivity index (χ3v) is 7.94. The molecule has 1 saturated carbocycles. The van der Waals surface area contributed by atoms with E-state index in [-0.39, 0.29) is 11.8 Å². The maximum atomic E-state index is 13.0. The number of rotatable bonds is 7. The number of ether oxygens (including phenoxy) is 2. The molecule has 0 unspecified atom stereocenters. The summed E-state index contributed by atoms with van der Waals surface area (Å²) in [6.45, 7) is 7.21. The van der Waals surface area contributed by atoms with Crippen molar-refractivity contribution in [2.45, 2.75) is 58.2 Å². The Morgan fingerprint density at radius 3 is 2.59 bits per heavy atom. The van der Waals surface area contributed by atoms with Crippen LogP contribution in [0.3, 0.4) is 0 Å². The number of methoxy groups -OCH3 is 2. The predicted octanol–water partition coefficient (Wildman–Crippen LogP) is 2.68. The molecule has 7 nitrogen and oxygen atoms in total. The average molecular weight is 444 g/mol. The van der Waals surface area contributed by atoms with Crippen LogP contribution in [0.1, 0.15) is 45.1 Å². The quantitative estimate of drug-likeness (QED) is 0.702. The molecule has 2 aliphatic heterocycles. The number of carbonyl (C=O) groups is 2. The fourth-order valence-electron chi connectivity index (χ4n) is 6.01. The minimum atomic E-state index is 0.175. The van der Waals surface area contributed by atoms with E-state index in [2.05, 4.69) is 17.1 Å². The minimum absolute atomic E-state index is 0.175. The van der Waals surface area contributed by atoms with Gasteiger partial charge in [-0.3, -0.25) is 9.59 Å². The van der Waals surface area contributed by atoms with Gasteiger partial charge in [0.25, 0.3) is 0 Å². The van der Waals surface area contributed by atoms with Crippen molar-refractivity contribution in [3.05, 3.63) is 23.8 Å². The normalized spacial score (nSPS) is 28.2. The number of nitrogens with one attached hydrogen (secondary N) is 1. The summed E-state index contributed by atoms with van der Waals surface area (Å²) in [5.74, 6) is 3.46. The van der Waals surface area contributed by atoms with Crippen molar-refractivity contribution in [1.29, 1.82) is 0 Å². The molecule has 2 saturated heterocycles. The number of hydrogen-bond donors (Lipinski definition) is 1. The van der Waals surface area contributed by atoms with Crippen molar-refractivity contribution in [3.8, 4) is 11.5 Å². The van der Waals surface area contributed by atoms with E-state index in [4.69, 9.17) is 9.47 Å². The zero-order chi connectivity index (χ0) is 22.8. The van der Waals surface area contributed by atoms with Gasteiger partial charge < -0.3 is 24.6 Å². The summed E-state index contributed by atoms with van der Waals surface area (Å²) in [6, 6.07) is 6.58. The molecule has 1 aromatic carbocycles. The second kappa shape index (κ2) is 9.69. The maximum absolute atomic E-state index is 13.0. The predicted molar refractivity (Wildman–Crippen MR) is 123 cm³/mol. The minimum Gasteiger partial charge on any atom is -0.497 e. The molecule has 4 rings (SSSR count). The van der Waals surface area contributed by atoms with E-state index in [1.807, 2.05) is 23.1 Å². The first-order valence-electron chi connectivity index (χ1n) is 11.9. The highest BCUT2D eigenvalue weighted by Crippen LogP contribution is 2.46. The van der Waals surface area contributed by atoms with Crippen molar-refractivity contribution >= 4 is 11.8 Å². The molecular formula is C25H37N3O4. The largest absolute Gasteiger partial charge is 0.497 e. The molecule has 0 spiro atoms. The Kier molecular flexibility index (Phi) is 6.93. The van der Waals surface area contributed by atoms with E-state index in [9.17, 15) is 9.59 Å². The molecule has 3 fully saturated rings. The summed E-state index contributed by atoms with van der Waals surface area (Å²) in [6.07, 6.45) is 3.72. The van der Waals surface area contributed by atoms with Gasteiger partial charge in [0.15, 0.2) is 0 Å². The molecule has 0 radical (unpaired) electrons. The highest BCUT2D eigenvalue weighted by Gasteiger charge is 2.50. The van der Waals surface area contributed by atoms with Gasteiger partial charge in [0, 0.05) is 56.7 Å². The number of piperidine rings is 1. The molecule has 32 heavy (non-hydrogen) atoms. The van der Waals surface area contributed by atoms with Crippen LogP contribution in [0.5, 0.6) is 11.5 Å². The Morgan fingerprint density at radius 2 is 1.94 bits per heavy atom. The van der Waals surface area contributed by atoms with Gasteiger partial charge in [-0.1, -0.05) is 6.92 Å². The lowest BCUT2D eigenvalue weighted by Gasteiger charge is -2.33. The first-order valence-corrected chi connectivity index (χ1v) is 11.9. The number of fused-ring (bicyclic) bond motifs is 1. The molecule has 3 aliphatic rings. The monoisotopic (exact) mass is 443 g/mol. The second-order valence-corrected chi connectivity index (χ2v) is 9.70. The zero-order valence-electron chi connectivity index (χ0n) is 19.8. The van der Waals surface area contributed by atoms with Gasteiger partial charge in [0.1, 0.15) is 11.5 Å². The Balaban J connectivity index is 1.37. The van der Waals surface area contributed by atoms with Crippen LogP contribution < -0.4 is 14.8 Å². The first-order chi connectivity index (χ1) is 15.4. The Hall–Kier alpha value is -2.28. The van der Waals surface area contributed by atoms with Crippen LogP contribution in [-0.2, 0) is 16.1 Å². The van der Waals surface area contributed by atoms with Gasteiger partial charge >= 0.3 is 0 Å². The Labute approximate surface area is 191 Å². The van der Waals surface area contributed by atoms with Crippen LogP contribution in [0.2, 0.25) is 0 Å². The molecule has 0 aromatic heterocycles. The van der Waals surface area contributed by atoms with E-state index >= 15 is 0 Å². The molecule has 0 bridgehead atoms. The Bertz CT molecular complexity index is 836. The summed E-state index contributed by atoms with van der Waals surface area (Å²) in [5, 5.41) is 3.77. The summed E-state index contributed by atoms with van der Waals surface area (Å²) < 4.78 is 10.9. The molecule has 1 aromatic rings. The van der Waals surface area contributed by atoms with Crippen LogP contribution >= 0.6 is 0 Å². The second-order valence-electron chi connectivity index (χ2n) is 9.70. The van der Waals surface area contributed by atoms with E-state index in [1.54, 1.807) is 21.1 Å². The molecular weight excluding hydrogens is 406 g/mol. The van der Waals surface area contributed by atoms with Gasteiger partial charge in [-0.2, -0.15) is 0 Å². The first kappa shape index (κ1) is 22.9. The fourth-order valence-corrected chi connectivity index (χ4v) is 6.01. The van der Waals surface area contributed by atoms with E-state index < -0.39 is 0 Å². The molecule has 1 aliphatic carbocycles. The topological polar surface area (TPSA) is 71.1 Å². The molecule has 2 heterocycles. The van der Waals surface area contributed by atoms with Crippen molar-refractivity contribution in [3.63, 3.8) is 0 Å². The summed E-state index contributed by atoms with van der Waals surface area (Å²) >= 11 is 0. The summed E-state index contributed by atoms with van der Waals surface area (Å²) in [4.78, 5) is 28.6. The Morgan fingerprint density at radius 1 is 1.19 bits per heavy atom. The van der Waals surface area contributed by atoms with Gasteiger partial charge in [-0.05, 0) is 55.7 Å². The van der Waals surface area contributed by atoms with Crippen molar-refractivity contribution in [2.75, 3.05) is 33.9 Å². The smallest absolute Gasteiger partial charge is 0.223 e. The SMILES string of the molecule is COc1ccc(CN2C(=O)C[C@H]3[C@H](CNC4CCN(C(C)=O)CC4)[C@@H](C)C[C@H]32)c(OC)c1. The number of amides is 2. The van der Waals surface area contributed by atoms with Gasteiger partial charge in [-0.25, -0.2) is 0 Å². The number of likely N-dealkylation sites (tertiary alicyclic amines) is 2. The van der Waals surface area contributed by atoms with Gasteiger partial charge in [-0.15, -0.1) is 0 Å². The molecule has 7 heteroatoms. The lowest BCUT2D eigenvalue weighted by atomic mass is 9.88. The zero-order valence-corrected chi connectivity index (χ0v) is 19.8. The summed E-state index contributed by atoms with van der Waals surface area (Å²) in [7, 11) is 3.30. The molecule has 1 N–H and O–H groups in total. The lowest BCUT2D eigenvalue weighted by molar-refractivity contribution is -0.130. The molecule has 2 amide bonds. The van der Waals surface area contributed by atoms with E-state index in [1.165, 1.54) is 0 Å². The highest BCUT2D eigenvalue weighted by atomic mass is 16.5. The summed E-state index contributed by atoms with van der Waals surface area (Å²) in [5.41, 5.74) is 1.02. The third kappa shape index (κ3) is 4.58. The standard InChI is InChI=1S/C25H37N3O4/c1-16-11-23-21(22(16)14-26-19-7-9-27(10-8-19)17(2)29)13-25(30)28(23)15-18-5-6-20(31-3)12-24(18)32-4/h5-6,12,16,19,21-23,26H,7-11,13-15H2,1-4H3/t16-,21-,22+,23+/m0/s1. The number of nitrogens with zero attached hydrogens (tertiary/aromatic N) is 2. The van der Waals surface area contributed by atoms with Crippen LogP contribution in [0, 0.1) is 17.8 Å². The lowest BCUT2D eigenvalue weighted by Crippen LogP contribution is -2.46. The highest BCUT2D eigenvalue weighted by molar-refractivity contribution is 5.79. The fraction of sp³-hybridized carbons (Fsp3) is 0.680. The van der Waals surface area contributed by atoms with E-state index in [0.717, 1.165) is 56.0 Å². The average Bonchev–Trinajstić information content (AvgIpc) is 3.26. The third-order valence-electron chi connectivity index (χ3n) is 7.94. The van der Waals surface area contributed by atoms with Crippen molar-refractivity contribution < 1.29 is 19.1 Å². The van der Waals surface area contributed by atoms with Crippen molar-refractivity contribution in [1.82, 2.24) is 15.1 Å². The van der Waals surface area contributed by atoms with Crippen LogP contribution in [0.25, 0.3) is 0 Å². The van der Waals surface area contributed by atoms with Gasteiger partial charge in [0.2, 0.25) is 11.8 Å². The number of carbonyl (C=O) groups excluding carboxylic acids is 2. The maximum Gasteiger partial charge on any atom is 0.223 e. The number of hydrogen-bond acceptors (Lipinski definition) is 5. The number of benzene rings is 1. The van der Waals surface area contributed by atoms with Crippen LogP contribution in [0.4, 0.5) is 0 Å². The van der Waals surface area contributed by atoms with Crippen LogP contribution in [-0.4, -0.2) is 67.6 Å². The van der Waals surface area contributed by atoms with Gasteiger partial charge in [0.05, 0.1) is 14.2 Å². The van der Waals surface area contributed by atoms with Crippen molar-refractivity contribution in [2.24, 2.45) is 17.8 Å². The van der Waals surface area contributed by atoms with Crippen LogP contribution in [0.15, 0.2) is 18.2 Å².